The second kappa shape index (κ2) is 6.39. The maximum atomic E-state index is 5.27. The summed E-state index contributed by atoms with van der Waals surface area (Å²) in [4.78, 5) is 0. The summed E-state index contributed by atoms with van der Waals surface area (Å²) in [6.07, 6.45) is 1.46. The van der Waals surface area contributed by atoms with Gasteiger partial charge in [0.2, 0.25) is 0 Å². The monoisotopic (exact) mass is 187 g/mol. The van der Waals surface area contributed by atoms with E-state index in [1.165, 1.54) is 6.42 Å². The van der Waals surface area contributed by atoms with Crippen LogP contribution in [0.4, 0.5) is 0 Å². The largest absolute Gasteiger partial charge is 0.380 e. The smallest absolute Gasteiger partial charge is 0.0693 e. The Balaban J connectivity index is 3.93. The SMILES string of the molecule is CCC(NC(C)C(C)OC)C(C)C. The summed E-state index contributed by atoms with van der Waals surface area (Å²) in [6.45, 7) is 11.0. The second-order valence-corrected chi connectivity index (χ2v) is 4.15. The lowest BCUT2D eigenvalue weighted by atomic mass is 10.00. The Hall–Kier alpha value is -0.0800. The summed E-state index contributed by atoms with van der Waals surface area (Å²) in [5, 5.41) is 3.59. The fourth-order valence-corrected chi connectivity index (χ4v) is 1.46. The van der Waals surface area contributed by atoms with Crippen LogP contribution in [0.1, 0.15) is 41.0 Å². The molecule has 0 aromatic heterocycles. The predicted octanol–water partition coefficient (Wildman–Crippen LogP) is 2.43. The van der Waals surface area contributed by atoms with Crippen molar-refractivity contribution in [2.75, 3.05) is 7.11 Å². The average molecular weight is 187 g/mol. The molecule has 0 aromatic carbocycles. The number of nitrogens with one attached hydrogen (secondary N) is 1. The summed E-state index contributed by atoms with van der Waals surface area (Å²) in [5.74, 6) is 0.691. The van der Waals surface area contributed by atoms with Crippen molar-refractivity contribution < 1.29 is 4.74 Å². The third-order valence-electron chi connectivity index (χ3n) is 2.80. The van der Waals surface area contributed by atoms with Crippen molar-refractivity contribution in [3.8, 4) is 0 Å². The molecule has 2 nitrogen and oxygen atoms in total. The van der Waals surface area contributed by atoms with E-state index in [1.807, 2.05) is 0 Å². The van der Waals surface area contributed by atoms with E-state index < -0.39 is 0 Å². The number of hydrogen-bond donors (Lipinski definition) is 1. The number of ether oxygens (including phenoxy) is 1. The van der Waals surface area contributed by atoms with Crippen LogP contribution >= 0.6 is 0 Å². The normalized spacial score (nSPS) is 18.7. The number of hydrogen-bond acceptors (Lipinski definition) is 2. The van der Waals surface area contributed by atoms with E-state index in [2.05, 4.69) is 39.9 Å². The molecular weight excluding hydrogens is 162 g/mol. The van der Waals surface area contributed by atoms with Crippen LogP contribution in [0.25, 0.3) is 0 Å². The summed E-state index contributed by atoms with van der Waals surface area (Å²) in [5.41, 5.74) is 0. The Kier molecular flexibility index (Phi) is 6.35. The molecule has 0 spiro atoms. The van der Waals surface area contributed by atoms with Crippen LogP contribution in [0.15, 0.2) is 0 Å². The first-order valence-corrected chi connectivity index (χ1v) is 5.31. The van der Waals surface area contributed by atoms with Crippen molar-refractivity contribution in [1.82, 2.24) is 5.32 Å². The molecular formula is C11H25NO. The summed E-state index contributed by atoms with van der Waals surface area (Å²) < 4.78 is 5.27. The Morgan fingerprint density at radius 3 is 2.00 bits per heavy atom. The highest BCUT2D eigenvalue weighted by Gasteiger charge is 2.17. The first-order valence-electron chi connectivity index (χ1n) is 5.31. The molecule has 0 aliphatic heterocycles. The van der Waals surface area contributed by atoms with Gasteiger partial charge in [0.05, 0.1) is 6.10 Å². The summed E-state index contributed by atoms with van der Waals surface area (Å²) >= 11 is 0. The molecule has 0 saturated carbocycles. The van der Waals surface area contributed by atoms with Crippen LogP contribution in [-0.2, 0) is 4.74 Å². The third kappa shape index (κ3) is 4.63. The van der Waals surface area contributed by atoms with Crippen LogP contribution < -0.4 is 5.32 Å². The van der Waals surface area contributed by atoms with E-state index in [0.29, 0.717) is 18.0 Å². The van der Waals surface area contributed by atoms with Crippen LogP contribution in [0.3, 0.4) is 0 Å². The minimum Gasteiger partial charge on any atom is -0.380 e. The topological polar surface area (TPSA) is 21.3 Å². The lowest BCUT2D eigenvalue weighted by Crippen LogP contribution is -2.45. The number of methoxy groups -OCH3 is 1. The predicted molar refractivity (Wildman–Crippen MR) is 58.0 cm³/mol. The zero-order chi connectivity index (χ0) is 10.4. The van der Waals surface area contributed by atoms with Crippen molar-refractivity contribution in [2.24, 2.45) is 5.92 Å². The fourth-order valence-electron chi connectivity index (χ4n) is 1.46. The van der Waals surface area contributed by atoms with E-state index in [9.17, 15) is 0 Å². The molecule has 13 heavy (non-hydrogen) atoms. The maximum Gasteiger partial charge on any atom is 0.0693 e. The molecule has 0 aliphatic rings. The van der Waals surface area contributed by atoms with Gasteiger partial charge in [0.1, 0.15) is 0 Å². The Morgan fingerprint density at radius 1 is 1.15 bits per heavy atom. The van der Waals surface area contributed by atoms with Gasteiger partial charge in [-0.3, -0.25) is 0 Å². The first kappa shape index (κ1) is 12.9. The molecule has 0 bridgehead atoms. The van der Waals surface area contributed by atoms with Crippen LogP contribution in [0.2, 0.25) is 0 Å². The molecule has 0 saturated heterocycles. The van der Waals surface area contributed by atoms with Gasteiger partial charge in [-0.1, -0.05) is 20.8 Å². The molecule has 3 unspecified atom stereocenters. The minimum absolute atomic E-state index is 0.285. The fraction of sp³-hybridized carbons (Fsp3) is 1.00. The number of rotatable bonds is 6. The van der Waals surface area contributed by atoms with Gasteiger partial charge < -0.3 is 10.1 Å². The molecule has 0 heterocycles. The molecule has 0 amide bonds. The van der Waals surface area contributed by atoms with Crippen molar-refractivity contribution >= 4 is 0 Å². The van der Waals surface area contributed by atoms with Gasteiger partial charge in [-0.15, -0.1) is 0 Å². The van der Waals surface area contributed by atoms with E-state index in [-0.39, 0.29) is 6.10 Å². The molecule has 0 fully saturated rings. The highest BCUT2D eigenvalue weighted by atomic mass is 16.5. The van der Waals surface area contributed by atoms with Gasteiger partial charge in [0, 0.05) is 19.2 Å². The van der Waals surface area contributed by atoms with Gasteiger partial charge in [0.15, 0.2) is 0 Å². The van der Waals surface area contributed by atoms with Crippen LogP contribution in [0.5, 0.6) is 0 Å². The van der Waals surface area contributed by atoms with E-state index in [0.717, 1.165) is 0 Å². The van der Waals surface area contributed by atoms with Crippen LogP contribution in [-0.4, -0.2) is 25.3 Å². The second-order valence-electron chi connectivity index (χ2n) is 4.15. The maximum absolute atomic E-state index is 5.27. The standard InChI is InChI=1S/C11H25NO/c1-7-11(8(2)3)12-9(4)10(5)13-6/h8-12H,7H2,1-6H3. The Labute approximate surface area is 83.1 Å². The van der Waals surface area contributed by atoms with Gasteiger partial charge in [-0.05, 0) is 26.2 Å². The summed E-state index contributed by atoms with van der Waals surface area (Å²) in [7, 11) is 1.76. The van der Waals surface area contributed by atoms with E-state index >= 15 is 0 Å². The molecule has 3 atom stereocenters. The Morgan fingerprint density at radius 2 is 1.69 bits per heavy atom. The van der Waals surface area contributed by atoms with Gasteiger partial charge in [-0.25, -0.2) is 0 Å². The highest BCUT2D eigenvalue weighted by molar-refractivity contribution is 4.76. The molecule has 0 radical (unpaired) electrons. The molecule has 0 aliphatic carbocycles. The van der Waals surface area contributed by atoms with Crippen molar-refractivity contribution in [1.29, 1.82) is 0 Å². The zero-order valence-electron chi connectivity index (χ0n) is 9.92. The average Bonchev–Trinajstić information content (AvgIpc) is 2.11. The Bertz CT molecular complexity index is 125. The van der Waals surface area contributed by atoms with Gasteiger partial charge in [0.25, 0.3) is 0 Å². The van der Waals surface area contributed by atoms with Crippen LogP contribution in [0, 0.1) is 5.92 Å². The van der Waals surface area contributed by atoms with E-state index in [4.69, 9.17) is 4.74 Å². The van der Waals surface area contributed by atoms with Crippen molar-refractivity contribution in [3.05, 3.63) is 0 Å². The molecule has 2 heteroatoms. The lowest BCUT2D eigenvalue weighted by molar-refractivity contribution is 0.0813. The quantitative estimate of drug-likeness (QED) is 0.689. The lowest BCUT2D eigenvalue weighted by Gasteiger charge is -2.28. The van der Waals surface area contributed by atoms with E-state index in [1.54, 1.807) is 7.11 Å². The molecule has 0 aromatic rings. The first-order chi connectivity index (χ1) is 6.02. The summed E-state index contributed by atoms with van der Waals surface area (Å²) in [6, 6.07) is 1.03. The molecule has 1 N–H and O–H groups in total. The zero-order valence-corrected chi connectivity index (χ0v) is 9.92. The molecule has 0 rings (SSSR count). The third-order valence-corrected chi connectivity index (χ3v) is 2.80. The minimum atomic E-state index is 0.285. The molecule has 80 valence electrons. The highest BCUT2D eigenvalue weighted by Crippen LogP contribution is 2.08. The van der Waals surface area contributed by atoms with Gasteiger partial charge >= 0.3 is 0 Å². The van der Waals surface area contributed by atoms with Gasteiger partial charge in [-0.2, -0.15) is 0 Å². The van der Waals surface area contributed by atoms with Crippen molar-refractivity contribution in [2.45, 2.75) is 59.2 Å². The van der Waals surface area contributed by atoms with Crippen molar-refractivity contribution in [3.63, 3.8) is 0 Å².